The van der Waals surface area contributed by atoms with Crippen molar-refractivity contribution in [2.75, 3.05) is 40.0 Å². The average molecular weight is 398 g/mol. The van der Waals surface area contributed by atoms with Crippen LogP contribution in [0, 0.1) is 5.92 Å². The summed E-state index contributed by atoms with van der Waals surface area (Å²) in [6.07, 6.45) is 1.69. The topological polar surface area (TPSA) is 41.9 Å². The summed E-state index contributed by atoms with van der Waals surface area (Å²) in [4.78, 5) is 2.42. The van der Waals surface area contributed by atoms with Crippen molar-refractivity contribution in [3.63, 3.8) is 0 Å². The first kappa shape index (κ1) is 21.8. The maximum absolute atomic E-state index is 12.2. The second-order valence-electron chi connectivity index (χ2n) is 8.46. The largest absolute Gasteiger partial charge is 0.497 e. The normalized spacial score (nSPS) is 18.4. The van der Waals surface area contributed by atoms with Crippen LogP contribution in [0.2, 0.25) is 0 Å². The van der Waals surface area contributed by atoms with Crippen LogP contribution in [0.3, 0.4) is 0 Å². The summed E-state index contributed by atoms with van der Waals surface area (Å²) < 4.78 is 10.9. The Labute approximate surface area is 175 Å². The number of nitrogens with zero attached hydrogens (tertiary/aromatic N) is 1. The SMILES string of the molecule is COc1ccc([C@](O)(CCC(C)C)[C@H](CN2CCOCC2)c2ccccc2)cc1. The van der Waals surface area contributed by atoms with Gasteiger partial charge >= 0.3 is 0 Å². The molecular weight excluding hydrogens is 362 g/mol. The molecule has 1 saturated heterocycles. The van der Waals surface area contributed by atoms with Crippen molar-refractivity contribution in [1.29, 1.82) is 0 Å². The highest BCUT2D eigenvalue weighted by molar-refractivity contribution is 5.35. The third kappa shape index (κ3) is 5.59. The summed E-state index contributed by atoms with van der Waals surface area (Å²) in [5.41, 5.74) is 1.19. The number of aliphatic hydroxyl groups is 1. The molecule has 4 heteroatoms. The first-order valence-electron chi connectivity index (χ1n) is 10.7. The first-order chi connectivity index (χ1) is 14.0. The summed E-state index contributed by atoms with van der Waals surface area (Å²) in [7, 11) is 1.67. The van der Waals surface area contributed by atoms with Gasteiger partial charge in [0, 0.05) is 25.6 Å². The molecule has 29 heavy (non-hydrogen) atoms. The Hall–Kier alpha value is -1.88. The van der Waals surface area contributed by atoms with Crippen molar-refractivity contribution in [1.82, 2.24) is 4.90 Å². The van der Waals surface area contributed by atoms with E-state index in [2.05, 4.69) is 43.0 Å². The predicted molar refractivity (Wildman–Crippen MR) is 117 cm³/mol. The summed E-state index contributed by atoms with van der Waals surface area (Å²) >= 11 is 0. The molecule has 1 aliphatic rings. The van der Waals surface area contributed by atoms with Gasteiger partial charge in [0.25, 0.3) is 0 Å². The van der Waals surface area contributed by atoms with Gasteiger partial charge in [0.2, 0.25) is 0 Å². The number of hydrogen-bond donors (Lipinski definition) is 1. The fourth-order valence-electron chi connectivity index (χ4n) is 4.17. The third-order valence-corrected chi connectivity index (χ3v) is 6.02. The van der Waals surface area contributed by atoms with Crippen LogP contribution < -0.4 is 4.74 Å². The summed E-state index contributed by atoms with van der Waals surface area (Å²) in [5.74, 6) is 1.32. The fourth-order valence-corrected chi connectivity index (χ4v) is 4.17. The van der Waals surface area contributed by atoms with Gasteiger partial charge < -0.3 is 14.6 Å². The number of benzene rings is 2. The second kappa shape index (κ2) is 10.2. The number of ether oxygens (including phenoxy) is 2. The van der Waals surface area contributed by atoms with Crippen LogP contribution in [0.5, 0.6) is 5.75 Å². The molecule has 4 nitrogen and oxygen atoms in total. The molecule has 158 valence electrons. The lowest BCUT2D eigenvalue weighted by atomic mass is 9.73. The molecule has 2 aromatic rings. The van der Waals surface area contributed by atoms with E-state index in [9.17, 15) is 5.11 Å². The number of morpholine rings is 1. The predicted octanol–water partition coefficient (Wildman–Crippen LogP) is 4.44. The molecule has 2 atom stereocenters. The van der Waals surface area contributed by atoms with Crippen molar-refractivity contribution < 1.29 is 14.6 Å². The van der Waals surface area contributed by atoms with Gasteiger partial charge in [0.05, 0.1) is 25.9 Å². The van der Waals surface area contributed by atoms with E-state index in [0.717, 1.165) is 57.0 Å². The van der Waals surface area contributed by atoms with Gasteiger partial charge in [-0.3, -0.25) is 4.90 Å². The second-order valence-corrected chi connectivity index (χ2v) is 8.46. The Morgan fingerprint density at radius 1 is 1.03 bits per heavy atom. The lowest BCUT2D eigenvalue weighted by molar-refractivity contribution is -0.0311. The zero-order valence-electron chi connectivity index (χ0n) is 18.0. The van der Waals surface area contributed by atoms with E-state index >= 15 is 0 Å². The van der Waals surface area contributed by atoms with Crippen molar-refractivity contribution in [2.24, 2.45) is 5.92 Å². The molecule has 3 rings (SSSR count). The molecule has 1 heterocycles. The van der Waals surface area contributed by atoms with Gasteiger partial charge in [-0.25, -0.2) is 0 Å². The summed E-state index contributed by atoms with van der Waals surface area (Å²) in [6, 6.07) is 18.4. The van der Waals surface area contributed by atoms with E-state index in [4.69, 9.17) is 9.47 Å². The lowest BCUT2D eigenvalue weighted by Gasteiger charge is -2.41. The minimum Gasteiger partial charge on any atom is -0.497 e. The van der Waals surface area contributed by atoms with Gasteiger partial charge in [-0.05, 0) is 42.0 Å². The standard InChI is InChI=1S/C25H35NO3/c1-20(2)13-14-25(27,22-9-11-23(28-3)12-10-22)24(21-7-5-4-6-8-21)19-26-15-17-29-18-16-26/h4-12,20,24,27H,13-19H2,1-3H3/t24-,25-/m1/s1. The minimum atomic E-state index is -0.948. The Bertz CT molecular complexity index is 725. The third-order valence-electron chi connectivity index (χ3n) is 6.02. The highest BCUT2D eigenvalue weighted by Gasteiger charge is 2.40. The maximum atomic E-state index is 12.2. The highest BCUT2D eigenvalue weighted by atomic mass is 16.5. The molecule has 0 bridgehead atoms. The Kier molecular flexibility index (Phi) is 7.70. The zero-order chi connectivity index (χ0) is 20.7. The van der Waals surface area contributed by atoms with Gasteiger partial charge in [0.15, 0.2) is 0 Å². The van der Waals surface area contributed by atoms with Crippen LogP contribution in [-0.2, 0) is 10.3 Å². The number of hydrogen-bond acceptors (Lipinski definition) is 4. The number of methoxy groups -OCH3 is 1. The van der Waals surface area contributed by atoms with Crippen molar-refractivity contribution in [2.45, 2.75) is 38.2 Å². The molecule has 1 aliphatic heterocycles. The van der Waals surface area contributed by atoms with Gasteiger partial charge in [-0.2, -0.15) is 0 Å². The first-order valence-corrected chi connectivity index (χ1v) is 10.7. The molecule has 2 aromatic carbocycles. The quantitative estimate of drug-likeness (QED) is 0.679. The molecule has 0 aromatic heterocycles. The van der Waals surface area contributed by atoms with Gasteiger partial charge in [0.1, 0.15) is 5.75 Å². The van der Waals surface area contributed by atoms with Crippen molar-refractivity contribution in [3.8, 4) is 5.75 Å². The molecule has 0 unspecified atom stereocenters. The average Bonchev–Trinajstić information content (AvgIpc) is 2.77. The van der Waals surface area contributed by atoms with E-state index in [1.807, 2.05) is 30.3 Å². The molecule has 0 amide bonds. The number of rotatable bonds is 9. The lowest BCUT2D eigenvalue weighted by Crippen LogP contribution is -2.45. The van der Waals surface area contributed by atoms with Crippen LogP contribution in [0.15, 0.2) is 54.6 Å². The van der Waals surface area contributed by atoms with Crippen molar-refractivity contribution >= 4 is 0 Å². The molecule has 0 radical (unpaired) electrons. The molecular formula is C25H35NO3. The smallest absolute Gasteiger partial charge is 0.118 e. The van der Waals surface area contributed by atoms with E-state index < -0.39 is 5.60 Å². The Balaban J connectivity index is 1.99. The van der Waals surface area contributed by atoms with E-state index in [-0.39, 0.29) is 5.92 Å². The van der Waals surface area contributed by atoms with Crippen LogP contribution in [0.25, 0.3) is 0 Å². The highest BCUT2D eigenvalue weighted by Crippen LogP contribution is 2.42. The summed E-state index contributed by atoms with van der Waals surface area (Å²) in [6.45, 7) is 8.58. The minimum absolute atomic E-state index is 0.0195. The molecule has 0 spiro atoms. The zero-order valence-corrected chi connectivity index (χ0v) is 18.0. The molecule has 0 aliphatic carbocycles. The van der Waals surface area contributed by atoms with Crippen LogP contribution in [0.4, 0.5) is 0 Å². The van der Waals surface area contributed by atoms with Gasteiger partial charge in [-0.1, -0.05) is 56.3 Å². The van der Waals surface area contributed by atoms with E-state index in [1.165, 1.54) is 5.56 Å². The fraction of sp³-hybridized carbons (Fsp3) is 0.520. The van der Waals surface area contributed by atoms with Crippen LogP contribution in [-0.4, -0.2) is 50.0 Å². The molecule has 0 saturated carbocycles. The Morgan fingerprint density at radius 2 is 1.69 bits per heavy atom. The monoisotopic (exact) mass is 397 g/mol. The van der Waals surface area contributed by atoms with E-state index in [0.29, 0.717) is 5.92 Å². The molecule has 1 fully saturated rings. The van der Waals surface area contributed by atoms with Crippen LogP contribution >= 0.6 is 0 Å². The van der Waals surface area contributed by atoms with Crippen molar-refractivity contribution in [3.05, 3.63) is 65.7 Å². The Morgan fingerprint density at radius 3 is 2.28 bits per heavy atom. The van der Waals surface area contributed by atoms with Crippen LogP contribution in [0.1, 0.15) is 43.7 Å². The molecule has 1 N–H and O–H groups in total. The van der Waals surface area contributed by atoms with Gasteiger partial charge in [-0.15, -0.1) is 0 Å². The van der Waals surface area contributed by atoms with E-state index in [1.54, 1.807) is 7.11 Å². The maximum Gasteiger partial charge on any atom is 0.118 e. The summed E-state index contributed by atoms with van der Waals surface area (Å²) in [5, 5.41) is 12.2.